The zero-order valence-corrected chi connectivity index (χ0v) is 11.9. The summed E-state index contributed by atoms with van der Waals surface area (Å²) >= 11 is 11.8. The van der Waals surface area contributed by atoms with Crippen molar-refractivity contribution in [1.29, 1.82) is 0 Å². The zero-order chi connectivity index (χ0) is 11.5. The molecule has 0 saturated carbocycles. The first-order valence-corrected chi connectivity index (χ1v) is 7.22. The van der Waals surface area contributed by atoms with E-state index in [1.165, 1.54) is 19.3 Å². The van der Waals surface area contributed by atoms with Gasteiger partial charge in [0.25, 0.3) is 0 Å². The predicted molar refractivity (Wildman–Crippen MR) is 78.6 cm³/mol. The highest BCUT2D eigenvalue weighted by molar-refractivity contribution is 7.99. The van der Waals surface area contributed by atoms with Crippen molar-refractivity contribution in [3.05, 3.63) is 0 Å². The maximum absolute atomic E-state index is 5.14. The lowest BCUT2D eigenvalue weighted by Gasteiger charge is -2.09. The molecule has 0 atom stereocenters. The third kappa shape index (κ3) is 9.08. The zero-order valence-electron chi connectivity index (χ0n) is 9.47. The molecule has 88 valence electrons. The first-order valence-electron chi connectivity index (χ1n) is 5.42. The van der Waals surface area contributed by atoms with Crippen LogP contribution in [0.15, 0.2) is 0 Å². The van der Waals surface area contributed by atoms with Gasteiger partial charge in [0, 0.05) is 12.3 Å². The topological polar surface area (TPSA) is 24.1 Å². The molecule has 0 heterocycles. The lowest BCUT2D eigenvalue weighted by Crippen LogP contribution is -2.34. The minimum atomic E-state index is 0.646. The Labute approximate surface area is 108 Å². The van der Waals surface area contributed by atoms with Gasteiger partial charge in [-0.2, -0.15) is 0 Å². The highest BCUT2D eigenvalue weighted by Gasteiger charge is 2.02. The largest absolute Gasteiger partial charge is 0.374 e. The van der Waals surface area contributed by atoms with Crippen LogP contribution in [0.3, 0.4) is 0 Å². The van der Waals surface area contributed by atoms with Crippen LogP contribution in [0.25, 0.3) is 0 Å². The maximum atomic E-state index is 5.14. The van der Waals surface area contributed by atoms with Crippen LogP contribution < -0.4 is 10.0 Å². The first-order chi connectivity index (χ1) is 7.22. The molecule has 0 spiro atoms. The van der Waals surface area contributed by atoms with Gasteiger partial charge in [0.15, 0.2) is 0 Å². The van der Waals surface area contributed by atoms with Crippen LogP contribution in [0.2, 0.25) is 0 Å². The SMILES string of the molecule is CCCCCCNC(=S)C(=S)NSCC. The van der Waals surface area contributed by atoms with Gasteiger partial charge in [-0.05, 0) is 6.42 Å². The van der Waals surface area contributed by atoms with E-state index in [2.05, 4.69) is 23.9 Å². The Balaban J connectivity index is 3.43. The van der Waals surface area contributed by atoms with Gasteiger partial charge >= 0.3 is 0 Å². The first kappa shape index (κ1) is 15.1. The minimum absolute atomic E-state index is 0.646. The van der Waals surface area contributed by atoms with Crippen molar-refractivity contribution in [3.8, 4) is 0 Å². The molecule has 2 N–H and O–H groups in total. The molecule has 0 aliphatic carbocycles. The third-order valence-electron chi connectivity index (χ3n) is 1.83. The summed E-state index contributed by atoms with van der Waals surface area (Å²) in [4.78, 5) is 1.31. The number of unbranched alkanes of at least 4 members (excludes halogenated alkanes) is 3. The summed E-state index contributed by atoms with van der Waals surface area (Å²) in [6.45, 7) is 5.21. The molecule has 0 bridgehead atoms. The quantitative estimate of drug-likeness (QED) is 0.418. The van der Waals surface area contributed by atoms with E-state index in [9.17, 15) is 0 Å². The fraction of sp³-hybridized carbons (Fsp3) is 0.800. The molecule has 0 aromatic carbocycles. The van der Waals surface area contributed by atoms with Crippen LogP contribution in [-0.4, -0.2) is 22.3 Å². The second-order valence-electron chi connectivity index (χ2n) is 3.18. The van der Waals surface area contributed by atoms with E-state index < -0.39 is 0 Å². The standard InChI is InChI=1S/C10H20N2S3/c1-3-5-6-7-8-11-9(13)10(14)12-15-4-2/h3-8H2,1-2H3,(H,11,13)(H,12,14). The molecule has 0 aliphatic heterocycles. The molecule has 0 radical (unpaired) electrons. The Morgan fingerprint density at radius 1 is 1.07 bits per heavy atom. The average molecular weight is 264 g/mol. The second kappa shape index (κ2) is 10.6. The Hall–Kier alpha value is 0.130. The second-order valence-corrected chi connectivity index (χ2v) is 5.07. The van der Waals surface area contributed by atoms with Crippen LogP contribution in [-0.2, 0) is 0 Å². The van der Waals surface area contributed by atoms with E-state index in [1.807, 2.05) is 0 Å². The number of thiocarbonyl (C=S) groups is 2. The molecule has 2 nitrogen and oxygen atoms in total. The molecule has 0 saturated heterocycles. The summed E-state index contributed by atoms with van der Waals surface area (Å²) in [5, 5.41) is 3.16. The van der Waals surface area contributed by atoms with Crippen molar-refractivity contribution in [2.75, 3.05) is 12.3 Å². The van der Waals surface area contributed by atoms with E-state index in [0.29, 0.717) is 9.98 Å². The Morgan fingerprint density at radius 2 is 1.80 bits per heavy atom. The molecule has 5 heteroatoms. The summed E-state index contributed by atoms with van der Waals surface area (Å²) in [6.07, 6.45) is 4.98. The van der Waals surface area contributed by atoms with Gasteiger partial charge < -0.3 is 10.0 Å². The molecular weight excluding hydrogens is 244 g/mol. The molecule has 0 unspecified atom stereocenters. The number of hydrogen-bond donors (Lipinski definition) is 2. The fourth-order valence-corrected chi connectivity index (χ4v) is 1.86. The van der Waals surface area contributed by atoms with E-state index in [1.54, 1.807) is 11.9 Å². The Morgan fingerprint density at radius 3 is 2.40 bits per heavy atom. The Kier molecular flexibility index (Phi) is 10.7. The summed E-state index contributed by atoms with van der Waals surface area (Å²) in [6, 6.07) is 0. The molecule has 0 amide bonds. The fourth-order valence-electron chi connectivity index (χ4n) is 1.02. The summed E-state index contributed by atoms with van der Waals surface area (Å²) in [5.74, 6) is 0.985. The van der Waals surface area contributed by atoms with Crippen molar-refractivity contribution in [1.82, 2.24) is 10.0 Å². The molecule has 0 rings (SSSR count). The van der Waals surface area contributed by atoms with Gasteiger partial charge in [-0.3, -0.25) is 0 Å². The molecule has 0 aliphatic rings. The van der Waals surface area contributed by atoms with Crippen LogP contribution in [0, 0.1) is 0 Å². The minimum Gasteiger partial charge on any atom is -0.374 e. The van der Waals surface area contributed by atoms with Gasteiger partial charge in [-0.25, -0.2) is 0 Å². The van der Waals surface area contributed by atoms with Crippen molar-refractivity contribution in [2.24, 2.45) is 0 Å². The molecule has 0 fully saturated rings. The Bertz CT molecular complexity index is 195. The highest BCUT2D eigenvalue weighted by atomic mass is 32.2. The van der Waals surface area contributed by atoms with E-state index in [4.69, 9.17) is 24.4 Å². The number of nitrogens with one attached hydrogen (secondary N) is 2. The normalized spacial score (nSPS) is 9.73. The molecule has 0 aromatic rings. The number of rotatable bonds is 7. The molecular formula is C10H20N2S3. The molecule has 0 aromatic heterocycles. The van der Waals surface area contributed by atoms with Gasteiger partial charge in [-0.15, -0.1) is 0 Å². The van der Waals surface area contributed by atoms with Crippen LogP contribution in [0.5, 0.6) is 0 Å². The van der Waals surface area contributed by atoms with Crippen molar-refractivity contribution in [3.63, 3.8) is 0 Å². The summed E-state index contributed by atoms with van der Waals surface area (Å²) in [5.41, 5.74) is 0. The van der Waals surface area contributed by atoms with Crippen LogP contribution >= 0.6 is 36.4 Å². The lowest BCUT2D eigenvalue weighted by molar-refractivity contribution is 0.656. The number of hydrogen-bond acceptors (Lipinski definition) is 3. The van der Waals surface area contributed by atoms with Gasteiger partial charge in [0.2, 0.25) is 0 Å². The van der Waals surface area contributed by atoms with E-state index >= 15 is 0 Å². The third-order valence-corrected chi connectivity index (χ3v) is 3.38. The highest BCUT2D eigenvalue weighted by Crippen LogP contribution is 1.97. The van der Waals surface area contributed by atoms with Crippen molar-refractivity contribution >= 4 is 46.4 Å². The van der Waals surface area contributed by atoms with Crippen molar-refractivity contribution in [2.45, 2.75) is 39.5 Å². The van der Waals surface area contributed by atoms with E-state index in [-0.39, 0.29) is 0 Å². The van der Waals surface area contributed by atoms with E-state index in [0.717, 1.165) is 18.7 Å². The average Bonchev–Trinajstić information content (AvgIpc) is 2.25. The maximum Gasteiger partial charge on any atom is 0.143 e. The van der Waals surface area contributed by atoms with Crippen LogP contribution in [0.4, 0.5) is 0 Å². The van der Waals surface area contributed by atoms with Crippen molar-refractivity contribution < 1.29 is 0 Å². The van der Waals surface area contributed by atoms with Gasteiger partial charge in [-0.1, -0.05) is 69.5 Å². The predicted octanol–water partition coefficient (Wildman–Crippen LogP) is 3.07. The monoisotopic (exact) mass is 264 g/mol. The smallest absolute Gasteiger partial charge is 0.143 e. The van der Waals surface area contributed by atoms with Gasteiger partial charge in [0.1, 0.15) is 9.98 Å². The molecule has 15 heavy (non-hydrogen) atoms. The lowest BCUT2D eigenvalue weighted by atomic mass is 10.2. The van der Waals surface area contributed by atoms with Crippen LogP contribution in [0.1, 0.15) is 39.5 Å². The van der Waals surface area contributed by atoms with Gasteiger partial charge in [0.05, 0.1) is 0 Å². The summed E-state index contributed by atoms with van der Waals surface area (Å²) < 4.78 is 3.03. The summed E-state index contributed by atoms with van der Waals surface area (Å²) in [7, 11) is 0.